The zero-order valence-corrected chi connectivity index (χ0v) is 16.9. The largest absolute Gasteiger partial charge is 0.416 e. The SMILES string of the molecule is Cc1ccc(N2C(=O)C(C)N=C2N2CCN(c3cccc(C(F)(F)F)c3)CC2)cc1. The number of halogens is 3. The van der Waals surface area contributed by atoms with Gasteiger partial charge in [0, 0.05) is 31.9 Å². The highest BCUT2D eigenvalue weighted by Gasteiger charge is 2.37. The Bertz CT molecular complexity index is 963. The van der Waals surface area contributed by atoms with Gasteiger partial charge in [0.05, 0.1) is 11.3 Å². The van der Waals surface area contributed by atoms with E-state index in [1.807, 2.05) is 41.0 Å². The lowest BCUT2D eigenvalue weighted by atomic mass is 10.1. The van der Waals surface area contributed by atoms with Crippen molar-refractivity contribution in [3.63, 3.8) is 0 Å². The number of carbonyl (C=O) groups is 1. The lowest BCUT2D eigenvalue weighted by molar-refractivity contribution is -0.137. The van der Waals surface area contributed by atoms with Crippen molar-refractivity contribution in [3.8, 4) is 0 Å². The first-order valence-electron chi connectivity index (χ1n) is 9.89. The van der Waals surface area contributed by atoms with Crippen LogP contribution in [0.1, 0.15) is 18.1 Å². The molecule has 30 heavy (non-hydrogen) atoms. The fourth-order valence-corrected chi connectivity index (χ4v) is 3.77. The Morgan fingerprint density at radius 3 is 2.20 bits per heavy atom. The van der Waals surface area contributed by atoms with Crippen LogP contribution in [0.2, 0.25) is 0 Å². The second kappa shape index (κ2) is 7.66. The molecular weight excluding hydrogens is 393 g/mol. The molecule has 2 aromatic carbocycles. The fraction of sp³-hybridized carbons (Fsp3) is 0.364. The Kier molecular flexibility index (Phi) is 5.17. The first-order valence-corrected chi connectivity index (χ1v) is 9.89. The van der Waals surface area contributed by atoms with Crippen LogP contribution in [0, 0.1) is 6.92 Å². The third kappa shape index (κ3) is 3.86. The van der Waals surface area contributed by atoms with Crippen LogP contribution < -0.4 is 9.80 Å². The van der Waals surface area contributed by atoms with Crippen LogP contribution in [-0.4, -0.2) is 49.0 Å². The van der Waals surface area contributed by atoms with Crippen LogP contribution in [0.25, 0.3) is 0 Å². The van der Waals surface area contributed by atoms with Gasteiger partial charge in [0.15, 0.2) is 0 Å². The quantitative estimate of drug-likeness (QED) is 0.745. The van der Waals surface area contributed by atoms with Gasteiger partial charge >= 0.3 is 6.18 Å². The Morgan fingerprint density at radius 2 is 1.57 bits per heavy atom. The van der Waals surface area contributed by atoms with E-state index < -0.39 is 17.8 Å². The molecule has 4 rings (SSSR count). The normalized spacial score (nSPS) is 20.0. The van der Waals surface area contributed by atoms with E-state index in [0.717, 1.165) is 17.3 Å². The van der Waals surface area contributed by atoms with E-state index in [0.29, 0.717) is 37.8 Å². The lowest BCUT2D eigenvalue weighted by Crippen LogP contribution is -2.53. The number of benzene rings is 2. The number of aryl methyl sites for hydroxylation is 1. The van der Waals surface area contributed by atoms with Crippen molar-refractivity contribution in [1.82, 2.24) is 4.90 Å². The van der Waals surface area contributed by atoms with Gasteiger partial charge in [0.1, 0.15) is 6.04 Å². The summed E-state index contributed by atoms with van der Waals surface area (Å²) in [6.45, 7) is 5.99. The maximum atomic E-state index is 13.0. The highest BCUT2D eigenvalue weighted by atomic mass is 19.4. The second-order valence-electron chi connectivity index (χ2n) is 7.64. The summed E-state index contributed by atoms with van der Waals surface area (Å²) in [5, 5.41) is 0. The second-order valence-corrected chi connectivity index (χ2v) is 7.64. The predicted molar refractivity (Wildman–Crippen MR) is 111 cm³/mol. The molecule has 158 valence electrons. The fourth-order valence-electron chi connectivity index (χ4n) is 3.77. The highest BCUT2D eigenvalue weighted by molar-refractivity contribution is 6.21. The Hall–Kier alpha value is -3.03. The van der Waals surface area contributed by atoms with Crippen LogP contribution in [-0.2, 0) is 11.0 Å². The maximum absolute atomic E-state index is 13.0. The van der Waals surface area contributed by atoms with Crippen molar-refractivity contribution in [2.75, 3.05) is 36.0 Å². The van der Waals surface area contributed by atoms with Crippen LogP contribution in [0.15, 0.2) is 53.5 Å². The van der Waals surface area contributed by atoms with E-state index in [1.165, 1.54) is 12.1 Å². The van der Waals surface area contributed by atoms with E-state index in [1.54, 1.807) is 17.9 Å². The van der Waals surface area contributed by atoms with Gasteiger partial charge in [-0.3, -0.25) is 4.79 Å². The summed E-state index contributed by atoms with van der Waals surface area (Å²) in [5.41, 5.74) is 1.78. The molecule has 1 atom stereocenters. The minimum Gasteiger partial charge on any atom is -0.368 e. The molecule has 1 amide bonds. The molecule has 0 spiro atoms. The molecule has 0 radical (unpaired) electrons. The number of alkyl halides is 3. The minimum atomic E-state index is -4.36. The number of amides is 1. The monoisotopic (exact) mass is 416 g/mol. The standard InChI is InChI=1S/C22H23F3N4O/c1-15-6-8-18(9-7-15)29-20(30)16(2)26-21(29)28-12-10-27(11-13-28)19-5-3-4-17(14-19)22(23,24)25/h3-9,14,16H,10-13H2,1-2H3. The molecule has 2 heterocycles. The molecule has 2 aromatic rings. The smallest absolute Gasteiger partial charge is 0.368 e. The van der Waals surface area contributed by atoms with Crippen molar-refractivity contribution in [2.24, 2.45) is 4.99 Å². The van der Waals surface area contributed by atoms with Crippen molar-refractivity contribution in [2.45, 2.75) is 26.1 Å². The number of piperazine rings is 1. The molecular formula is C22H23F3N4O. The summed E-state index contributed by atoms with van der Waals surface area (Å²) in [4.78, 5) is 22.9. The molecule has 1 unspecified atom stereocenters. The van der Waals surface area contributed by atoms with E-state index >= 15 is 0 Å². The number of carbonyl (C=O) groups excluding carboxylic acids is 1. The van der Waals surface area contributed by atoms with E-state index in [4.69, 9.17) is 0 Å². The van der Waals surface area contributed by atoms with Crippen LogP contribution in [0.5, 0.6) is 0 Å². The molecule has 8 heteroatoms. The molecule has 0 aliphatic carbocycles. The van der Waals surface area contributed by atoms with Crippen LogP contribution in [0.3, 0.4) is 0 Å². The number of guanidine groups is 1. The summed E-state index contributed by atoms with van der Waals surface area (Å²) < 4.78 is 39.1. The van der Waals surface area contributed by atoms with Gasteiger partial charge in [-0.2, -0.15) is 13.2 Å². The lowest BCUT2D eigenvalue weighted by Gasteiger charge is -2.38. The zero-order chi connectivity index (χ0) is 21.5. The van der Waals surface area contributed by atoms with Gasteiger partial charge in [-0.25, -0.2) is 9.89 Å². The van der Waals surface area contributed by atoms with Crippen LogP contribution in [0.4, 0.5) is 24.5 Å². The number of anilines is 2. The Balaban J connectivity index is 1.50. The topological polar surface area (TPSA) is 39.2 Å². The maximum Gasteiger partial charge on any atom is 0.416 e. The van der Waals surface area contributed by atoms with Gasteiger partial charge in [-0.05, 0) is 44.2 Å². The Morgan fingerprint density at radius 1 is 0.933 bits per heavy atom. The molecule has 0 saturated carbocycles. The summed E-state index contributed by atoms with van der Waals surface area (Å²) in [6.07, 6.45) is -4.36. The van der Waals surface area contributed by atoms with Gasteiger partial charge in [0.25, 0.3) is 5.91 Å². The summed E-state index contributed by atoms with van der Waals surface area (Å²) in [6, 6.07) is 12.7. The van der Waals surface area contributed by atoms with Gasteiger partial charge in [-0.1, -0.05) is 23.8 Å². The first kappa shape index (κ1) is 20.3. The van der Waals surface area contributed by atoms with Crippen molar-refractivity contribution < 1.29 is 18.0 Å². The molecule has 2 aliphatic rings. The number of nitrogens with zero attached hydrogens (tertiary/aromatic N) is 4. The molecule has 2 aliphatic heterocycles. The van der Waals surface area contributed by atoms with Gasteiger partial charge < -0.3 is 9.80 Å². The average Bonchev–Trinajstić information content (AvgIpc) is 3.03. The molecule has 1 fully saturated rings. The van der Waals surface area contributed by atoms with E-state index in [9.17, 15) is 18.0 Å². The van der Waals surface area contributed by atoms with Gasteiger partial charge in [0.2, 0.25) is 5.96 Å². The number of hydrogen-bond donors (Lipinski definition) is 0. The predicted octanol–water partition coefficient (Wildman–Crippen LogP) is 3.93. The Labute approximate surface area is 173 Å². The minimum absolute atomic E-state index is 0.0749. The average molecular weight is 416 g/mol. The third-order valence-corrected chi connectivity index (χ3v) is 5.48. The molecule has 0 N–H and O–H groups in total. The number of hydrogen-bond acceptors (Lipinski definition) is 4. The van der Waals surface area contributed by atoms with Gasteiger partial charge in [-0.15, -0.1) is 0 Å². The number of rotatable bonds is 2. The van der Waals surface area contributed by atoms with Crippen molar-refractivity contribution in [1.29, 1.82) is 0 Å². The molecule has 0 aromatic heterocycles. The van der Waals surface area contributed by atoms with E-state index in [2.05, 4.69) is 4.99 Å². The molecule has 5 nitrogen and oxygen atoms in total. The van der Waals surface area contributed by atoms with Crippen molar-refractivity contribution in [3.05, 3.63) is 59.7 Å². The van der Waals surface area contributed by atoms with Crippen LogP contribution >= 0.6 is 0 Å². The zero-order valence-electron chi connectivity index (χ0n) is 16.9. The number of aliphatic imine (C=N–C) groups is 1. The van der Waals surface area contributed by atoms with Crippen molar-refractivity contribution >= 4 is 23.2 Å². The summed E-state index contributed by atoms with van der Waals surface area (Å²) in [5.74, 6) is 0.536. The highest BCUT2D eigenvalue weighted by Crippen LogP contribution is 2.32. The van der Waals surface area contributed by atoms with E-state index in [-0.39, 0.29) is 5.91 Å². The molecule has 0 bridgehead atoms. The third-order valence-electron chi connectivity index (χ3n) is 5.48. The summed E-state index contributed by atoms with van der Waals surface area (Å²) >= 11 is 0. The first-order chi connectivity index (χ1) is 14.2. The molecule has 1 saturated heterocycles. The summed E-state index contributed by atoms with van der Waals surface area (Å²) in [7, 11) is 0.